The van der Waals surface area contributed by atoms with Crippen molar-refractivity contribution in [3.63, 3.8) is 0 Å². The van der Waals surface area contributed by atoms with Crippen LogP contribution in [0.1, 0.15) is 37.6 Å². The lowest BCUT2D eigenvalue weighted by Crippen LogP contribution is -2.62. The number of amides is 2. The van der Waals surface area contributed by atoms with Crippen LogP contribution in [0.4, 0.5) is 10.1 Å². The zero-order chi connectivity index (χ0) is 29.3. The van der Waals surface area contributed by atoms with E-state index in [9.17, 15) is 18.8 Å². The van der Waals surface area contributed by atoms with E-state index in [-0.39, 0.29) is 41.8 Å². The molecule has 2 aromatic rings. The summed E-state index contributed by atoms with van der Waals surface area (Å²) in [5, 5.41) is 6.21. The lowest BCUT2D eigenvalue weighted by molar-refractivity contribution is -0.138. The van der Waals surface area contributed by atoms with Crippen molar-refractivity contribution in [2.45, 2.75) is 50.8 Å². The summed E-state index contributed by atoms with van der Waals surface area (Å²) in [7, 11) is 1.61. The highest BCUT2D eigenvalue weighted by Crippen LogP contribution is 2.39. The van der Waals surface area contributed by atoms with Gasteiger partial charge in [0.2, 0.25) is 11.8 Å². The number of hydrogen-bond donors (Lipinski definition) is 3. The lowest BCUT2D eigenvalue weighted by Gasteiger charge is -2.43. The topological polar surface area (TPSA) is 110 Å². The number of rotatable bonds is 7. The molecule has 3 atom stereocenters. The van der Waals surface area contributed by atoms with Crippen molar-refractivity contribution in [2.24, 2.45) is 0 Å². The molecule has 4 heterocycles. The van der Waals surface area contributed by atoms with Crippen LogP contribution >= 0.6 is 0 Å². The minimum absolute atomic E-state index is 0.0130. The Bertz CT molecular complexity index is 1330. The maximum Gasteiger partial charge on any atom is 0.251 e. The Morgan fingerprint density at radius 1 is 1.20 bits per heavy atom. The summed E-state index contributed by atoms with van der Waals surface area (Å²) in [6, 6.07) is 8.28. The van der Waals surface area contributed by atoms with Gasteiger partial charge in [-0.1, -0.05) is 26.0 Å². The van der Waals surface area contributed by atoms with Crippen LogP contribution in [0.25, 0.3) is 0 Å². The Kier molecular flexibility index (Phi) is 8.60. The van der Waals surface area contributed by atoms with Gasteiger partial charge in [-0.15, -0.1) is 0 Å². The minimum atomic E-state index is -0.492. The molecule has 1 aromatic carbocycles. The maximum atomic E-state index is 13.9. The molecule has 1 aromatic heterocycles. The van der Waals surface area contributed by atoms with Gasteiger partial charge < -0.3 is 25.3 Å². The van der Waals surface area contributed by atoms with E-state index < -0.39 is 11.5 Å². The van der Waals surface area contributed by atoms with E-state index in [1.54, 1.807) is 24.1 Å². The van der Waals surface area contributed by atoms with Gasteiger partial charge in [-0.05, 0) is 30.7 Å². The van der Waals surface area contributed by atoms with Crippen LogP contribution in [0.15, 0.2) is 35.1 Å². The zero-order valence-corrected chi connectivity index (χ0v) is 24.3. The summed E-state index contributed by atoms with van der Waals surface area (Å²) in [5.41, 5.74) is 2.27. The molecule has 3 N–H and O–H groups in total. The van der Waals surface area contributed by atoms with Crippen molar-refractivity contribution in [1.29, 1.82) is 0 Å². The molecule has 0 spiro atoms. The number of fused-ring (bicyclic) bond motifs is 1. The van der Waals surface area contributed by atoms with Crippen LogP contribution < -0.4 is 21.1 Å². The van der Waals surface area contributed by atoms with Gasteiger partial charge in [0.25, 0.3) is 5.56 Å². The Hall–Kier alpha value is -3.12. The van der Waals surface area contributed by atoms with Crippen molar-refractivity contribution in [1.82, 2.24) is 25.4 Å². The first-order chi connectivity index (χ1) is 19.5. The molecular weight excluding hydrogens is 527 g/mol. The Morgan fingerprint density at radius 2 is 1.95 bits per heavy atom. The maximum absolute atomic E-state index is 13.9. The second-order valence-corrected chi connectivity index (χ2v) is 12.2. The van der Waals surface area contributed by atoms with Gasteiger partial charge in [-0.25, -0.2) is 4.39 Å². The average Bonchev–Trinajstić information content (AvgIpc) is 3.20. The zero-order valence-electron chi connectivity index (χ0n) is 24.3. The fraction of sp³-hybridized carbons (Fsp3) is 0.567. The number of likely N-dealkylation sites (N-methyl/N-ethyl adjacent to an activating group) is 1. The third-order valence-corrected chi connectivity index (χ3v) is 8.45. The number of aromatic amines is 1. The molecule has 1 unspecified atom stereocenters. The molecule has 2 fully saturated rings. The van der Waals surface area contributed by atoms with E-state index in [1.165, 1.54) is 12.1 Å². The number of nitrogens with zero attached hydrogens (tertiary/aromatic N) is 3. The Balaban J connectivity index is 1.33. The molecule has 0 aliphatic carbocycles. The standard InChI is InChI=1S/C30H41FN6O4/c1-19-14-36(23(13-33-19)15-35-9-10-41-25(16-35)29(40)32-4)17-26(38)37-18-30(2,3)27-24(37)12-21(28(39)34-27)11-20-5-7-22(31)8-6-20/h5-8,12,19,23,25,33H,9-11,13-18H2,1-4H3,(H,32,40)(H,34,39)/t19-,23-,25?/m1/s1. The van der Waals surface area contributed by atoms with Gasteiger partial charge in [0, 0.05) is 81.5 Å². The summed E-state index contributed by atoms with van der Waals surface area (Å²) in [5.74, 6) is -0.458. The third kappa shape index (κ3) is 6.53. The van der Waals surface area contributed by atoms with Crippen molar-refractivity contribution in [3.05, 3.63) is 63.3 Å². The van der Waals surface area contributed by atoms with Crippen molar-refractivity contribution < 1.29 is 18.7 Å². The number of halogens is 1. The molecule has 5 rings (SSSR count). The van der Waals surface area contributed by atoms with E-state index >= 15 is 0 Å². The number of H-pyrrole nitrogens is 1. The first-order valence-electron chi connectivity index (χ1n) is 14.4. The van der Waals surface area contributed by atoms with E-state index in [2.05, 4.69) is 32.3 Å². The Morgan fingerprint density at radius 3 is 2.68 bits per heavy atom. The second kappa shape index (κ2) is 12.0. The molecule has 41 heavy (non-hydrogen) atoms. The molecular formula is C30H41FN6O4. The van der Waals surface area contributed by atoms with Gasteiger partial charge in [0.05, 0.1) is 18.8 Å². The summed E-state index contributed by atoms with van der Waals surface area (Å²) in [6.07, 6.45) is -0.145. The summed E-state index contributed by atoms with van der Waals surface area (Å²) < 4.78 is 19.1. The van der Waals surface area contributed by atoms with Crippen LogP contribution in [-0.2, 0) is 26.2 Å². The van der Waals surface area contributed by atoms with Crippen molar-refractivity contribution in [2.75, 3.05) is 64.4 Å². The molecule has 0 saturated carbocycles. The van der Waals surface area contributed by atoms with E-state index in [1.807, 2.05) is 19.9 Å². The number of nitrogens with one attached hydrogen (secondary N) is 3. The average molecular weight is 569 g/mol. The molecule has 11 heteroatoms. The molecule has 3 aliphatic heterocycles. The normalized spacial score (nSPS) is 24.7. The van der Waals surface area contributed by atoms with Crippen LogP contribution in [0.3, 0.4) is 0 Å². The number of morpholine rings is 1. The molecule has 10 nitrogen and oxygen atoms in total. The van der Waals surface area contributed by atoms with Crippen LogP contribution in [-0.4, -0.2) is 104 Å². The fourth-order valence-electron chi connectivity index (χ4n) is 6.18. The molecule has 3 aliphatic rings. The van der Waals surface area contributed by atoms with Crippen molar-refractivity contribution >= 4 is 17.5 Å². The minimum Gasteiger partial charge on any atom is -0.366 e. The third-order valence-electron chi connectivity index (χ3n) is 8.45. The highest BCUT2D eigenvalue weighted by Gasteiger charge is 2.41. The number of carbonyl (C=O) groups excluding carboxylic acids is 2. The van der Waals surface area contributed by atoms with Gasteiger partial charge in [0.15, 0.2) is 0 Å². The number of hydrogen-bond acceptors (Lipinski definition) is 7. The number of ether oxygens (including phenoxy) is 1. The number of anilines is 1. The monoisotopic (exact) mass is 568 g/mol. The van der Waals surface area contributed by atoms with Gasteiger partial charge in [-0.2, -0.15) is 0 Å². The van der Waals surface area contributed by atoms with Crippen LogP contribution in [0.5, 0.6) is 0 Å². The lowest BCUT2D eigenvalue weighted by atomic mass is 9.91. The number of carbonyl (C=O) groups is 2. The second-order valence-electron chi connectivity index (χ2n) is 12.2. The predicted molar refractivity (Wildman–Crippen MR) is 155 cm³/mol. The first-order valence-corrected chi connectivity index (χ1v) is 14.4. The van der Waals surface area contributed by atoms with Gasteiger partial charge in [-0.3, -0.25) is 24.2 Å². The quantitative estimate of drug-likeness (QED) is 0.454. The SMILES string of the molecule is CNC(=O)C1CN(C[C@H]2CN[C@H](C)CN2CC(=O)N2CC(C)(C)c3[nH]c(=O)c(Cc4ccc(F)cc4)cc32)CCO1. The largest absolute Gasteiger partial charge is 0.366 e. The van der Waals surface area contributed by atoms with E-state index in [4.69, 9.17) is 4.74 Å². The molecule has 0 bridgehead atoms. The first kappa shape index (κ1) is 29.4. The summed E-state index contributed by atoms with van der Waals surface area (Å²) in [4.78, 5) is 48.4. The van der Waals surface area contributed by atoms with Crippen LogP contribution in [0, 0.1) is 5.82 Å². The molecule has 2 saturated heterocycles. The smallest absolute Gasteiger partial charge is 0.251 e. The molecule has 2 amide bonds. The Labute approximate surface area is 240 Å². The van der Waals surface area contributed by atoms with Crippen molar-refractivity contribution in [3.8, 4) is 0 Å². The highest BCUT2D eigenvalue weighted by atomic mass is 19.1. The number of benzene rings is 1. The van der Waals surface area contributed by atoms with Crippen LogP contribution in [0.2, 0.25) is 0 Å². The van der Waals surface area contributed by atoms with Gasteiger partial charge in [0.1, 0.15) is 11.9 Å². The predicted octanol–water partition coefficient (Wildman–Crippen LogP) is 0.838. The van der Waals surface area contributed by atoms with E-state index in [0.29, 0.717) is 31.7 Å². The number of aromatic nitrogens is 1. The number of pyridine rings is 1. The van der Waals surface area contributed by atoms with Gasteiger partial charge >= 0.3 is 0 Å². The highest BCUT2D eigenvalue weighted by molar-refractivity contribution is 5.97. The summed E-state index contributed by atoms with van der Waals surface area (Å²) >= 11 is 0. The molecule has 0 radical (unpaired) electrons. The summed E-state index contributed by atoms with van der Waals surface area (Å²) in [6.45, 7) is 10.8. The molecule has 222 valence electrons. The number of piperazine rings is 1. The fourth-order valence-corrected chi connectivity index (χ4v) is 6.18. The van der Waals surface area contributed by atoms with E-state index in [0.717, 1.165) is 43.1 Å².